The van der Waals surface area contributed by atoms with Gasteiger partial charge in [0.15, 0.2) is 0 Å². The molecule has 5 rings (SSSR count). The van der Waals surface area contributed by atoms with Crippen LogP contribution in [-0.4, -0.2) is 3.21 Å². The Balaban J connectivity index is 0.00000276. The molecule has 0 nitrogen and oxygen atoms in total. The van der Waals surface area contributed by atoms with Crippen LogP contribution in [0.3, 0.4) is 0 Å². The van der Waals surface area contributed by atoms with Crippen LogP contribution in [-0.2, 0) is 38.5 Å². The summed E-state index contributed by atoms with van der Waals surface area (Å²) >= 11 is -2.70. The maximum Gasteiger partial charge on any atom is -1.00 e. The first kappa shape index (κ1) is 37.9. The molecular weight excluding hydrogens is 667 g/mol. The van der Waals surface area contributed by atoms with Gasteiger partial charge in [0.25, 0.3) is 0 Å². The van der Waals surface area contributed by atoms with Gasteiger partial charge in [0.05, 0.1) is 0 Å². The second kappa shape index (κ2) is 13.5. The number of halogens is 2. The summed E-state index contributed by atoms with van der Waals surface area (Å²) in [7, 11) is 0. The molecule has 0 amide bonds. The molecule has 0 saturated carbocycles. The van der Waals surface area contributed by atoms with Crippen LogP contribution in [0, 0.1) is 18.3 Å². The third-order valence-electron chi connectivity index (χ3n) is 9.81. The average Bonchev–Trinajstić information content (AvgIpc) is 3.45. The van der Waals surface area contributed by atoms with E-state index in [9.17, 15) is 0 Å². The summed E-state index contributed by atoms with van der Waals surface area (Å²) in [5.41, 5.74) is 15.5. The molecule has 2 aliphatic carbocycles. The number of fused-ring (bicyclic) bond motifs is 3. The minimum atomic E-state index is -2.70. The number of rotatable bonds is 4. The molecule has 3 aromatic rings. The van der Waals surface area contributed by atoms with Crippen molar-refractivity contribution < 1.29 is 46.1 Å². The van der Waals surface area contributed by atoms with Crippen molar-refractivity contribution in [1.82, 2.24) is 0 Å². The summed E-state index contributed by atoms with van der Waals surface area (Å²) < 4.78 is 5.25. The average molecular weight is 721 g/mol. The molecule has 3 aromatic carbocycles. The van der Waals surface area contributed by atoms with Crippen molar-refractivity contribution in [3.63, 3.8) is 0 Å². The van der Waals surface area contributed by atoms with Crippen LogP contribution >= 0.6 is 0 Å². The Hall–Kier alpha value is -1.53. The van der Waals surface area contributed by atoms with Crippen molar-refractivity contribution in [3.05, 3.63) is 108 Å². The van der Waals surface area contributed by atoms with Gasteiger partial charge in [-0.3, -0.25) is 0 Å². The number of aryl methyl sites for hydroxylation is 1. The quantitative estimate of drug-likeness (QED) is 0.281. The summed E-state index contributed by atoms with van der Waals surface area (Å²) in [6.45, 7) is 31.2. The second-order valence-corrected chi connectivity index (χ2v) is 22.5. The molecule has 0 aliphatic heterocycles. The molecule has 0 radical (unpaired) electrons. The van der Waals surface area contributed by atoms with E-state index >= 15 is 0 Å². The van der Waals surface area contributed by atoms with Gasteiger partial charge in [0.1, 0.15) is 0 Å². The molecule has 3 heteroatoms. The first-order chi connectivity index (χ1) is 19.9. The summed E-state index contributed by atoms with van der Waals surface area (Å²) in [6, 6.07) is 21.7. The predicted molar refractivity (Wildman–Crippen MR) is 187 cm³/mol. The fraction of sp³-hybridized carbons (Fsp3) is 0.452. The number of benzene rings is 3. The molecule has 0 spiro atoms. The van der Waals surface area contributed by atoms with Crippen molar-refractivity contribution in [3.8, 4) is 11.1 Å². The minimum absolute atomic E-state index is 0. The Kier molecular flexibility index (Phi) is 11.4. The van der Waals surface area contributed by atoms with Gasteiger partial charge in [0, 0.05) is 0 Å². The van der Waals surface area contributed by atoms with E-state index in [1.54, 1.807) is 28.8 Å². The predicted octanol–water partition coefficient (Wildman–Crippen LogP) is 4.94. The Morgan fingerprint density at radius 1 is 0.778 bits per heavy atom. The van der Waals surface area contributed by atoms with E-state index in [0.29, 0.717) is 5.92 Å². The number of allylic oxidation sites excluding steroid dienone is 4. The van der Waals surface area contributed by atoms with Gasteiger partial charge >= 0.3 is 272 Å². The Bertz CT molecular complexity index is 1680. The van der Waals surface area contributed by atoms with E-state index in [-0.39, 0.29) is 41.1 Å². The first-order valence-electron chi connectivity index (χ1n) is 16.5. The van der Waals surface area contributed by atoms with Gasteiger partial charge < -0.3 is 24.8 Å². The summed E-state index contributed by atoms with van der Waals surface area (Å²) in [5, 5.41) is 0. The molecule has 0 bridgehead atoms. The summed E-state index contributed by atoms with van der Waals surface area (Å²) in [5.74, 6) is 0.485. The van der Waals surface area contributed by atoms with E-state index in [4.69, 9.17) is 0 Å². The Morgan fingerprint density at radius 2 is 1.38 bits per heavy atom. The van der Waals surface area contributed by atoms with Gasteiger partial charge in [-0.25, -0.2) is 0 Å². The van der Waals surface area contributed by atoms with Gasteiger partial charge in [-0.1, -0.05) is 0 Å². The molecule has 2 aliphatic rings. The van der Waals surface area contributed by atoms with E-state index in [2.05, 4.69) is 151 Å². The standard InChI is InChI=1S/C21H25.C12H19.C9H10.2ClH.Zr/c1-20(2,3)16-7-9-18-14(12-16)11-15-13-17(21(4,5)6)8-10-19(15)18;1-6-10-7-9(2)8-11(10)12(3,4)5;1-3-9-6-4-8(2)5-7-9;;;/h7-10,12H,11H2,1-6H3;8-9H,6H2,1-5H3;4-7H,1-2H3;2*1H;/q;;;;;+2/p-2. The van der Waals surface area contributed by atoms with Crippen molar-refractivity contribution in [2.75, 3.05) is 0 Å². The van der Waals surface area contributed by atoms with Crippen LogP contribution in [0.4, 0.5) is 0 Å². The fourth-order valence-corrected chi connectivity index (χ4v) is 17.0. The van der Waals surface area contributed by atoms with Crippen LogP contribution in [0.1, 0.15) is 123 Å². The Morgan fingerprint density at radius 3 is 1.91 bits per heavy atom. The van der Waals surface area contributed by atoms with Gasteiger partial charge in [-0.2, -0.15) is 0 Å². The van der Waals surface area contributed by atoms with Crippen LogP contribution in [0.2, 0.25) is 0 Å². The largest absolute Gasteiger partial charge is 1.00 e. The monoisotopic (exact) mass is 718 g/mol. The zero-order valence-electron chi connectivity index (χ0n) is 30.0. The molecule has 1 atom stereocenters. The van der Waals surface area contributed by atoms with Crippen LogP contribution in [0.25, 0.3) is 11.1 Å². The van der Waals surface area contributed by atoms with Crippen molar-refractivity contribution in [2.24, 2.45) is 11.3 Å². The van der Waals surface area contributed by atoms with E-state index in [1.165, 1.54) is 33.4 Å². The van der Waals surface area contributed by atoms with E-state index in [1.807, 2.05) is 3.28 Å². The summed E-state index contributed by atoms with van der Waals surface area (Å²) in [6.07, 6.45) is 4.81. The molecule has 0 aromatic heterocycles. The zero-order valence-corrected chi connectivity index (χ0v) is 34.0. The molecule has 240 valence electrons. The van der Waals surface area contributed by atoms with Gasteiger partial charge in [0.2, 0.25) is 0 Å². The maximum atomic E-state index is 2.64. The normalized spacial score (nSPS) is 16.4. The SMILES string of the molecule is CCC1=[C](/[Zr+2](=[C](\C)c2ccc(C)cc2)[c]2c(C(C)(C)C)ccc3c2Cc2cc(C(C)(C)C)ccc2-3)C(C)C=C1C(C)(C)C.[Cl-].[Cl-]. The zero-order chi connectivity index (χ0) is 31.6. The van der Waals surface area contributed by atoms with E-state index < -0.39 is 21.3 Å². The third kappa shape index (κ3) is 7.17. The van der Waals surface area contributed by atoms with Crippen molar-refractivity contribution in [2.45, 2.75) is 114 Å². The number of hydrogen-bond donors (Lipinski definition) is 0. The van der Waals surface area contributed by atoms with E-state index in [0.717, 1.165) is 12.8 Å². The first-order valence-corrected chi connectivity index (χ1v) is 20.2. The molecular formula is C42H54Cl2Zr. The molecule has 0 saturated heterocycles. The van der Waals surface area contributed by atoms with Gasteiger partial charge in [-0.15, -0.1) is 0 Å². The van der Waals surface area contributed by atoms with Crippen molar-refractivity contribution in [1.29, 1.82) is 0 Å². The molecule has 0 N–H and O–H groups in total. The van der Waals surface area contributed by atoms with Crippen LogP contribution < -0.4 is 28.1 Å². The topological polar surface area (TPSA) is 0 Å². The molecule has 0 heterocycles. The Labute approximate surface area is 295 Å². The van der Waals surface area contributed by atoms with Crippen LogP contribution in [0.5, 0.6) is 0 Å². The number of hydrogen-bond acceptors (Lipinski definition) is 0. The molecule has 0 fully saturated rings. The van der Waals surface area contributed by atoms with Gasteiger partial charge in [-0.05, 0) is 0 Å². The smallest absolute Gasteiger partial charge is 1.00 e. The van der Waals surface area contributed by atoms with Crippen LogP contribution in [0.15, 0.2) is 75.1 Å². The third-order valence-corrected chi connectivity index (χ3v) is 18.2. The summed E-state index contributed by atoms with van der Waals surface area (Å²) in [4.78, 5) is 0. The maximum absolute atomic E-state index is 2.70. The van der Waals surface area contributed by atoms with Crippen molar-refractivity contribution >= 4 is 6.48 Å². The minimum Gasteiger partial charge on any atom is -1.00 e. The molecule has 1 unspecified atom stereocenters. The fourth-order valence-electron chi connectivity index (χ4n) is 7.44. The second-order valence-electron chi connectivity index (χ2n) is 16.3. The molecule has 45 heavy (non-hydrogen) atoms.